The summed E-state index contributed by atoms with van der Waals surface area (Å²) in [5.74, 6) is -2.35. The zero-order valence-electron chi connectivity index (χ0n) is 20.5. The number of carbonyl (C=O) groups is 2. The summed E-state index contributed by atoms with van der Waals surface area (Å²) in [6.07, 6.45) is 1.22. The molecule has 2 aliphatic rings. The number of benzene rings is 2. The number of cyclic esters (lactones) is 1. The Morgan fingerprint density at radius 1 is 1.19 bits per heavy atom. The van der Waals surface area contributed by atoms with Crippen molar-refractivity contribution >= 4 is 22.8 Å². The van der Waals surface area contributed by atoms with E-state index < -0.39 is 29.8 Å². The third kappa shape index (κ3) is 3.87. The Bertz CT molecular complexity index is 1430. The summed E-state index contributed by atoms with van der Waals surface area (Å²) in [7, 11) is 2.83. The van der Waals surface area contributed by atoms with Gasteiger partial charge < -0.3 is 24.5 Å². The number of hydrogen-bond acceptors (Lipinski definition) is 6. The summed E-state index contributed by atoms with van der Waals surface area (Å²) in [5.41, 5.74) is 5.13. The fraction of sp³-hybridized carbons (Fsp3) is 0.286. The first-order chi connectivity index (χ1) is 17.3. The third-order valence-electron chi connectivity index (χ3n) is 6.82. The smallest absolute Gasteiger partial charge is 0.337 e. The quantitative estimate of drug-likeness (QED) is 0.507. The summed E-state index contributed by atoms with van der Waals surface area (Å²) >= 11 is 0. The van der Waals surface area contributed by atoms with Gasteiger partial charge in [0.15, 0.2) is 0 Å². The molecule has 0 radical (unpaired) electrons. The number of methoxy groups -OCH3 is 2. The van der Waals surface area contributed by atoms with E-state index in [0.29, 0.717) is 28.1 Å². The van der Waals surface area contributed by atoms with Crippen molar-refractivity contribution in [2.45, 2.75) is 32.3 Å². The first kappa shape index (κ1) is 23.8. The number of carbonyl (C=O) groups excluding carboxylic acids is 2. The second-order valence-electron chi connectivity index (χ2n) is 9.13. The number of dihydropyridines is 1. The first-order valence-electron chi connectivity index (χ1n) is 11.7. The SMILES string of the molecule is COCC1=C(C(=O)OC)C(c2cccc3[nH]ccc23)C2=C(CC(c3c(C)cc(C)cc3F)OC2=O)N1. The van der Waals surface area contributed by atoms with E-state index in [1.807, 2.05) is 37.3 Å². The minimum atomic E-state index is -0.809. The maximum atomic E-state index is 15.0. The number of hydrogen-bond donors (Lipinski definition) is 2. The van der Waals surface area contributed by atoms with Gasteiger partial charge >= 0.3 is 11.9 Å². The second kappa shape index (κ2) is 9.28. The molecule has 0 aliphatic carbocycles. The molecule has 2 N–H and O–H groups in total. The van der Waals surface area contributed by atoms with E-state index in [1.54, 1.807) is 13.1 Å². The molecule has 0 saturated heterocycles. The highest BCUT2D eigenvalue weighted by atomic mass is 19.1. The maximum absolute atomic E-state index is 15.0. The Hall–Kier alpha value is -3.91. The van der Waals surface area contributed by atoms with Crippen molar-refractivity contribution in [3.63, 3.8) is 0 Å². The highest BCUT2D eigenvalue weighted by Gasteiger charge is 2.44. The number of aromatic amines is 1. The van der Waals surface area contributed by atoms with Gasteiger partial charge in [0, 0.05) is 41.9 Å². The van der Waals surface area contributed by atoms with Crippen molar-refractivity contribution in [2.75, 3.05) is 20.8 Å². The number of rotatable bonds is 5. The molecule has 8 heteroatoms. The number of aromatic nitrogens is 1. The molecule has 7 nitrogen and oxygen atoms in total. The molecule has 0 fully saturated rings. The standard InChI is InChI=1S/C28H27FN2O5/c1-14-10-15(2)23(18(29)11-14)22-12-20-25(28(33)36-22)24(17-6-5-7-19-16(17)8-9-30-19)26(27(32)35-4)21(31-20)13-34-3/h5-11,22,24,30-31H,12-13H2,1-4H3. The Balaban J connectivity index is 1.70. The number of aryl methyl sites for hydroxylation is 2. The summed E-state index contributed by atoms with van der Waals surface area (Å²) in [6, 6.07) is 10.9. The number of nitrogens with one attached hydrogen (secondary N) is 2. The van der Waals surface area contributed by atoms with Crippen LogP contribution in [-0.4, -0.2) is 37.7 Å². The molecule has 3 aromatic rings. The fourth-order valence-corrected chi connectivity index (χ4v) is 5.41. The van der Waals surface area contributed by atoms with Crippen LogP contribution in [0, 0.1) is 19.7 Å². The molecule has 2 aliphatic heterocycles. The Kier molecular flexibility index (Phi) is 6.14. The second-order valence-corrected chi connectivity index (χ2v) is 9.13. The normalized spacial score (nSPS) is 19.8. The van der Waals surface area contributed by atoms with Crippen molar-refractivity contribution in [2.24, 2.45) is 0 Å². The number of fused-ring (bicyclic) bond motifs is 1. The van der Waals surface area contributed by atoms with Crippen LogP contribution in [0.4, 0.5) is 4.39 Å². The molecule has 0 saturated carbocycles. The van der Waals surface area contributed by atoms with Gasteiger partial charge in [0.05, 0.1) is 36.5 Å². The van der Waals surface area contributed by atoms with Crippen molar-refractivity contribution in [3.05, 3.63) is 93.2 Å². The van der Waals surface area contributed by atoms with Crippen LogP contribution in [0.25, 0.3) is 10.9 Å². The molecular weight excluding hydrogens is 463 g/mol. The molecule has 1 aromatic heterocycles. The van der Waals surface area contributed by atoms with E-state index in [1.165, 1.54) is 20.3 Å². The molecule has 0 bridgehead atoms. The highest BCUT2D eigenvalue weighted by Crippen LogP contribution is 2.47. The van der Waals surface area contributed by atoms with Gasteiger partial charge in [-0.25, -0.2) is 14.0 Å². The van der Waals surface area contributed by atoms with Crippen LogP contribution in [0.3, 0.4) is 0 Å². The minimum absolute atomic E-state index is 0.0957. The lowest BCUT2D eigenvalue weighted by Gasteiger charge is -2.37. The Labute approximate surface area is 207 Å². The van der Waals surface area contributed by atoms with Crippen LogP contribution >= 0.6 is 0 Å². The summed E-state index contributed by atoms with van der Waals surface area (Å²) in [4.78, 5) is 29.9. The van der Waals surface area contributed by atoms with Crippen molar-refractivity contribution < 1.29 is 28.2 Å². The van der Waals surface area contributed by atoms with E-state index in [9.17, 15) is 9.59 Å². The molecule has 2 atom stereocenters. The molecular formula is C28H27FN2O5. The number of esters is 2. The Morgan fingerprint density at radius 2 is 2.00 bits per heavy atom. The predicted octanol–water partition coefficient (Wildman–Crippen LogP) is 4.63. The highest BCUT2D eigenvalue weighted by molar-refractivity contribution is 6.02. The molecule has 2 aromatic carbocycles. The first-order valence-corrected chi connectivity index (χ1v) is 11.7. The average molecular weight is 491 g/mol. The van der Waals surface area contributed by atoms with Crippen molar-refractivity contribution in [1.82, 2.24) is 10.3 Å². The van der Waals surface area contributed by atoms with E-state index in [0.717, 1.165) is 22.0 Å². The molecule has 186 valence electrons. The molecule has 0 spiro atoms. The molecule has 3 heterocycles. The largest absolute Gasteiger partial charge is 0.466 e. The van der Waals surface area contributed by atoms with E-state index in [4.69, 9.17) is 14.2 Å². The summed E-state index contributed by atoms with van der Waals surface area (Å²) < 4.78 is 31.4. The van der Waals surface area contributed by atoms with Crippen LogP contribution < -0.4 is 5.32 Å². The van der Waals surface area contributed by atoms with Crippen LogP contribution in [-0.2, 0) is 23.8 Å². The molecule has 0 amide bonds. The van der Waals surface area contributed by atoms with Crippen LogP contribution in [0.5, 0.6) is 0 Å². The third-order valence-corrected chi connectivity index (χ3v) is 6.82. The van der Waals surface area contributed by atoms with Gasteiger partial charge in [-0.3, -0.25) is 0 Å². The number of ether oxygens (including phenoxy) is 3. The number of halogens is 1. The van der Waals surface area contributed by atoms with Crippen LogP contribution in [0.15, 0.2) is 65.1 Å². The fourth-order valence-electron chi connectivity index (χ4n) is 5.41. The van der Waals surface area contributed by atoms with Gasteiger partial charge in [0.2, 0.25) is 0 Å². The van der Waals surface area contributed by atoms with Gasteiger partial charge in [-0.15, -0.1) is 0 Å². The molecule has 36 heavy (non-hydrogen) atoms. The van der Waals surface area contributed by atoms with Gasteiger partial charge in [-0.05, 0) is 48.7 Å². The lowest BCUT2D eigenvalue weighted by Crippen LogP contribution is -2.39. The van der Waals surface area contributed by atoms with Crippen molar-refractivity contribution in [3.8, 4) is 0 Å². The van der Waals surface area contributed by atoms with Crippen LogP contribution in [0.2, 0.25) is 0 Å². The number of H-pyrrole nitrogens is 1. The summed E-state index contributed by atoms with van der Waals surface area (Å²) in [6.45, 7) is 3.72. The van der Waals surface area contributed by atoms with Gasteiger partial charge in [0.25, 0.3) is 0 Å². The Morgan fingerprint density at radius 3 is 2.72 bits per heavy atom. The maximum Gasteiger partial charge on any atom is 0.337 e. The topological polar surface area (TPSA) is 89.7 Å². The van der Waals surface area contributed by atoms with E-state index >= 15 is 4.39 Å². The lowest BCUT2D eigenvalue weighted by molar-refractivity contribution is -0.147. The molecule has 2 unspecified atom stereocenters. The summed E-state index contributed by atoms with van der Waals surface area (Å²) in [5, 5.41) is 4.11. The van der Waals surface area contributed by atoms with Gasteiger partial charge in [-0.1, -0.05) is 18.2 Å². The van der Waals surface area contributed by atoms with E-state index in [2.05, 4.69) is 10.3 Å². The van der Waals surface area contributed by atoms with E-state index in [-0.39, 0.29) is 18.6 Å². The monoisotopic (exact) mass is 490 g/mol. The average Bonchev–Trinajstić information content (AvgIpc) is 3.31. The molecule has 5 rings (SSSR count). The lowest BCUT2D eigenvalue weighted by atomic mass is 9.77. The predicted molar refractivity (Wildman–Crippen MR) is 131 cm³/mol. The van der Waals surface area contributed by atoms with Crippen LogP contribution in [0.1, 0.15) is 40.7 Å². The van der Waals surface area contributed by atoms with Gasteiger partial charge in [0.1, 0.15) is 11.9 Å². The van der Waals surface area contributed by atoms with Gasteiger partial charge in [-0.2, -0.15) is 0 Å². The van der Waals surface area contributed by atoms with Crippen molar-refractivity contribution in [1.29, 1.82) is 0 Å². The minimum Gasteiger partial charge on any atom is -0.466 e. The zero-order valence-corrected chi connectivity index (χ0v) is 20.5. The zero-order chi connectivity index (χ0) is 25.6.